The van der Waals surface area contributed by atoms with E-state index in [0.29, 0.717) is 0 Å². The van der Waals surface area contributed by atoms with Crippen molar-refractivity contribution >= 4 is 16.7 Å². The number of aryl methyl sites for hydroxylation is 1. The molecule has 1 heteroatoms. The van der Waals surface area contributed by atoms with Gasteiger partial charge in [-0.15, -0.1) is 11.8 Å². The maximum absolute atomic E-state index is 4.13. The molecule has 0 atom stereocenters. The van der Waals surface area contributed by atoms with E-state index in [0.717, 1.165) is 11.3 Å². The van der Waals surface area contributed by atoms with Crippen LogP contribution in [0.5, 0.6) is 0 Å². The van der Waals surface area contributed by atoms with Crippen LogP contribution < -0.4 is 0 Å². The van der Waals surface area contributed by atoms with E-state index < -0.39 is 0 Å². The van der Waals surface area contributed by atoms with E-state index in [1.54, 1.807) is 11.8 Å². The highest BCUT2D eigenvalue weighted by Gasteiger charge is 2.06. The molecule has 0 N–H and O–H groups in total. The zero-order valence-electron chi connectivity index (χ0n) is 10.9. The Kier molecular flexibility index (Phi) is 4.27. The second-order valence-corrected chi connectivity index (χ2v) is 5.29. The summed E-state index contributed by atoms with van der Waals surface area (Å²) in [7, 11) is 0. The first-order valence-corrected chi connectivity index (χ1v) is 7.30. The van der Waals surface area contributed by atoms with Gasteiger partial charge >= 0.3 is 0 Å². The Morgan fingerprint density at radius 3 is 2.28 bits per heavy atom. The van der Waals surface area contributed by atoms with Crippen LogP contribution in [0.1, 0.15) is 22.3 Å². The highest BCUT2D eigenvalue weighted by Crippen LogP contribution is 2.27. The van der Waals surface area contributed by atoms with Crippen LogP contribution in [0.25, 0.3) is 4.91 Å². The summed E-state index contributed by atoms with van der Waals surface area (Å²) in [4.78, 5) is 1.14. The summed E-state index contributed by atoms with van der Waals surface area (Å²) < 4.78 is 0. The van der Waals surface area contributed by atoms with Crippen LogP contribution in [-0.4, -0.2) is 6.26 Å². The van der Waals surface area contributed by atoms with Crippen LogP contribution in [0.3, 0.4) is 0 Å². The number of hydrogen-bond donors (Lipinski definition) is 0. The molecule has 0 aliphatic heterocycles. The molecule has 0 spiro atoms. The third-order valence-corrected chi connectivity index (χ3v) is 3.92. The number of thioether (sulfide) groups is 1. The Labute approximate surface area is 114 Å². The van der Waals surface area contributed by atoms with Gasteiger partial charge in [0.05, 0.1) is 0 Å². The van der Waals surface area contributed by atoms with Gasteiger partial charge in [0.2, 0.25) is 0 Å². The molecule has 0 aliphatic rings. The smallest absolute Gasteiger partial charge is 0.00726 e. The zero-order valence-corrected chi connectivity index (χ0v) is 11.8. The Balaban J connectivity index is 2.35. The van der Waals surface area contributed by atoms with Gasteiger partial charge in [-0.2, -0.15) is 0 Å². The van der Waals surface area contributed by atoms with Crippen molar-refractivity contribution in [1.29, 1.82) is 0 Å². The fourth-order valence-corrected chi connectivity index (χ4v) is 2.49. The van der Waals surface area contributed by atoms with Gasteiger partial charge in [0.1, 0.15) is 0 Å². The second-order valence-electron chi connectivity index (χ2n) is 4.39. The summed E-state index contributed by atoms with van der Waals surface area (Å²) in [5.74, 6) is 0. The second kappa shape index (κ2) is 5.92. The molecular formula is C17H18S. The van der Waals surface area contributed by atoms with Crippen LogP contribution >= 0.6 is 11.8 Å². The Morgan fingerprint density at radius 1 is 1.00 bits per heavy atom. The van der Waals surface area contributed by atoms with Crippen LogP contribution in [0.15, 0.2) is 55.1 Å². The van der Waals surface area contributed by atoms with E-state index in [1.165, 1.54) is 22.3 Å². The van der Waals surface area contributed by atoms with Gasteiger partial charge in [0.25, 0.3) is 0 Å². The van der Waals surface area contributed by atoms with Crippen molar-refractivity contribution in [2.75, 3.05) is 6.26 Å². The van der Waals surface area contributed by atoms with Crippen molar-refractivity contribution in [3.8, 4) is 0 Å². The predicted octanol–water partition coefficient (Wildman–Crippen LogP) is 4.92. The third-order valence-electron chi connectivity index (χ3n) is 3.21. The zero-order chi connectivity index (χ0) is 13.0. The van der Waals surface area contributed by atoms with Crippen molar-refractivity contribution in [2.45, 2.75) is 13.3 Å². The molecule has 0 unspecified atom stereocenters. The third kappa shape index (κ3) is 2.85. The van der Waals surface area contributed by atoms with Gasteiger partial charge in [-0.1, -0.05) is 55.1 Å². The van der Waals surface area contributed by atoms with Crippen molar-refractivity contribution in [3.63, 3.8) is 0 Å². The quantitative estimate of drug-likeness (QED) is 0.746. The van der Waals surface area contributed by atoms with Crippen LogP contribution in [0.4, 0.5) is 0 Å². The molecule has 0 bridgehead atoms. The van der Waals surface area contributed by atoms with Gasteiger partial charge in [-0.25, -0.2) is 0 Å². The SMILES string of the molecule is C=C(SC)c1ccccc1Cc1ccccc1C. The Hall–Kier alpha value is -1.47. The lowest BCUT2D eigenvalue weighted by atomic mass is 9.97. The molecule has 18 heavy (non-hydrogen) atoms. The van der Waals surface area contributed by atoms with Crippen molar-refractivity contribution in [2.24, 2.45) is 0 Å². The molecule has 92 valence electrons. The van der Waals surface area contributed by atoms with E-state index >= 15 is 0 Å². The lowest BCUT2D eigenvalue weighted by Gasteiger charge is -2.11. The molecule has 2 rings (SSSR count). The first kappa shape index (κ1) is 13.0. The van der Waals surface area contributed by atoms with E-state index in [-0.39, 0.29) is 0 Å². The van der Waals surface area contributed by atoms with E-state index in [4.69, 9.17) is 0 Å². The molecule has 0 aromatic heterocycles. The minimum absolute atomic E-state index is 0.975. The van der Waals surface area contributed by atoms with Crippen LogP contribution in [0, 0.1) is 6.92 Å². The van der Waals surface area contributed by atoms with Gasteiger partial charge in [-0.3, -0.25) is 0 Å². The summed E-state index contributed by atoms with van der Waals surface area (Å²) in [6.45, 7) is 6.30. The van der Waals surface area contributed by atoms with Crippen LogP contribution in [-0.2, 0) is 6.42 Å². The minimum atomic E-state index is 0.975. The standard InChI is InChI=1S/C17H18S/c1-13-8-4-5-9-15(13)12-16-10-6-7-11-17(16)14(2)18-3/h4-11H,2,12H2,1,3H3. The van der Waals surface area contributed by atoms with Crippen molar-refractivity contribution in [3.05, 3.63) is 77.4 Å². The Morgan fingerprint density at radius 2 is 1.61 bits per heavy atom. The molecule has 0 nitrogen and oxygen atoms in total. The fourth-order valence-electron chi connectivity index (χ4n) is 2.07. The first-order chi connectivity index (χ1) is 8.72. The number of benzene rings is 2. The normalized spacial score (nSPS) is 10.3. The molecule has 0 radical (unpaired) electrons. The number of rotatable bonds is 4. The van der Waals surface area contributed by atoms with Crippen molar-refractivity contribution < 1.29 is 0 Å². The maximum atomic E-state index is 4.13. The Bertz CT molecular complexity index is 555. The predicted molar refractivity (Wildman–Crippen MR) is 83.0 cm³/mol. The summed E-state index contributed by atoms with van der Waals surface area (Å²) in [6.07, 6.45) is 3.05. The number of hydrogen-bond acceptors (Lipinski definition) is 1. The molecule has 0 aliphatic carbocycles. The van der Waals surface area contributed by atoms with Gasteiger partial charge in [0.15, 0.2) is 0 Å². The topological polar surface area (TPSA) is 0 Å². The molecule has 2 aromatic carbocycles. The van der Waals surface area contributed by atoms with Gasteiger partial charge < -0.3 is 0 Å². The molecule has 0 fully saturated rings. The molecule has 0 amide bonds. The average molecular weight is 254 g/mol. The average Bonchev–Trinajstić information content (AvgIpc) is 2.41. The highest BCUT2D eigenvalue weighted by molar-refractivity contribution is 8.07. The molecular weight excluding hydrogens is 236 g/mol. The highest BCUT2D eigenvalue weighted by atomic mass is 32.2. The van der Waals surface area contributed by atoms with E-state index in [2.05, 4.69) is 68.3 Å². The van der Waals surface area contributed by atoms with E-state index in [9.17, 15) is 0 Å². The van der Waals surface area contributed by atoms with Crippen LogP contribution in [0.2, 0.25) is 0 Å². The lowest BCUT2D eigenvalue weighted by molar-refractivity contribution is 1.15. The van der Waals surface area contributed by atoms with Gasteiger partial charge in [0, 0.05) is 4.91 Å². The van der Waals surface area contributed by atoms with Crippen molar-refractivity contribution in [1.82, 2.24) is 0 Å². The summed E-state index contributed by atoms with van der Waals surface area (Å²) in [5, 5.41) is 0. The van der Waals surface area contributed by atoms with Gasteiger partial charge in [-0.05, 0) is 41.9 Å². The maximum Gasteiger partial charge on any atom is 0.00726 e. The summed E-state index contributed by atoms with van der Waals surface area (Å²) >= 11 is 1.71. The lowest BCUT2D eigenvalue weighted by Crippen LogP contribution is -1.95. The molecule has 0 heterocycles. The molecule has 0 saturated carbocycles. The largest absolute Gasteiger partial charge is 0.130 e. The monoisotopic (exact) mass is 254 g/mol. The minimum Gasteiger partial charge on any atom is -0.130 e. The molecule has 0 saturated heterocycles. The summed E-state index contributed by atoms with van der Waals surface area (Å²) in [5.41, 5.74) is 5.36. The summed E-state index contributed by atoms with van der Waals surface area (Å²) in [6, 6.07) is 17.1. The molecule has 2 aromatic rings. The van der Waals surface area contributed by atoms with E-state index in [1.807, 2.05) is 0 Å². The fraction of sp³-hybridized carbons (Fsp3) is 0.176. The first-order valence-electron chi connectivity index (χ1n) is 6.08.